The second kappa shape index (κ2) is 9.14. The smallest absolute Gasteiger partial charge is 0.191 e. The summed E-state index contributed by atoms with van der Waals surface area (Å²) in [7, 11) is -3.92. The van der Waals surface area contributed by atoms with Crippen LogP contribution in [0.1, 0.15) is 27.7 Å². The lowest BCUT2D eigenvalue weighted by molar-refractivity contribution is 0.243. The molecule has 0 rings (SSSR count). The van der Waals surface area contributed by atoms with Crippen molar-refractivity contribution in [2.24, 2.45) is 11.8 Å². The fourth-order valence-electron chi connectivity index (χ4n) is 2.07. The fourth-order valence-corrected chi connectivity index (χ4v) is 8.46. The van der Waals surface area contributed by atoms with Crippen molar-refractivity contribution in [1.29, 1.82) is 0 Å². The maximum Gasteiger partial charge on any atom is 0.191 e. The molecule has 3 nitrogen and oxygen atoms in total. The van der Waals surface area contributed by atoms with E-state index in [0.717, 1.165) is 19.4 Å². The molecule has 0 aliphatic carbocycles. The van der Waals surface area contributed by atoms with Gasteiger partial charge in [-0.3, -0.25) is 4.90 Å². The molecule has 0 fully saturated rings. The molecule has 21 heavy (non-hydrogen) atoms. The average molecular weight is 352 g/mol. The molecule has 0 saturated heterocycles. The molecule has 0 amide bonds. The van der Waals surface area contributed by atoms with E-state index in [2.05, 4.69) is 71.9 Å². The highest BCUT2D eigenvalue weighted by molar-refractivity contribution is 7.50. The predicted octanol–water partition coefficient (Wildman–Crippen LogP) is 5.57. The molecule has 0 atom stereocenters. The van der Waals surface area contributed by atoms with E-state index in [4.69, 9.17) is 8.43 Å². The van der Waals surface area contributed by atoms with E-state index in [9.17, 15) is 0 Å². The van der Waals surface area contributed by atoms with E-state index >= 15 is 0 Å². The van der Waals surface area contributed by atoms with Gasteiger partial charge in [0.2, 0.25) is 0 Å². The Bertz CT molecular complexity index is 262. The van der Waals surface area contributed by atoms with Crippen LogP contribution in [0.4, 0.5) is 0 Å². The van der Waals surface area contributed by atoms with Gasteiger partial charge in [-0.05, 0) is 51.1 Å². The monoisotopic (exact) mass is 351 g/mol. The van der Waals surface area contributed by atoms with E-state index in [1.54, 1.807) is 0 Å². The summed E-state index contributed by atoms with van der Waals surface area (Å²) in [6.07, 6.45) is 0.959. The Morgan fingerprint density at radius 1 is 0.762 bits per heavy atom. The molecule has 0 aromatic heterocycles. The standard InChI is InChI=1S/C15H38NO2PSi2/c1-14(2)11-16(12-15(3)4)13-19(17-20(5,6)7)18-21(8,9)10/h14-15H,11-13H2,1-10H3. The highest BCUT2D eigenvalue weighted by Crippen LogP contribution is 2.45. The SMILES string of the molecule is CC(C)CN(CC(C)C)CP(O[Si](C)(C)C)O[Si](C)(C)C. The molecule has 0 aliphatic heterocycles. The van der Waals surface area contributed by atoms with Gasteiger partial charge >= 0.3 is 0 Å². The highest BCUT2D eigenvalue weighted by atomic mass is 31.2. The van der Waals surface area contributed by atoms with Gasteiger partial charge < -0.3 is 8.43 Å². The fraction of sp³-hybridized carbons (Fsp3) is 1.00. The van der Waals surface area contributed by atoms with Crippen LogP contribution >= 0.6 is 8.38 Å². The summed E-state index contributed by atoms with van der Waals surface area (Å²) in [6, 6.07) is 0. The van der Waals surface area contributed by atoms with Crippen LogP contribution in [-0.4, -0.2) is 40.9 Å². The lowest BCUT2D eigenvalue weighted by Crippen LogP contribution is -2.36. The summed E-state index contributed by atoms with van der Waals surface area (Å²) in [5.74, 6) is 1.36. The molecule has 0 radical (unpaired) electrons. The molecule has 0 aliphatic rings. The number of hydrogen-bond acceptors (Lipinski definition) is 3. The van der Waals surface area contributed by atoms with E-state index in [1.807, 2.05) is 0 Å². The Balaban J connectivity index is 4.85. The van der Waals surface area contributed by atoms with Gasteiger partial charge in [0.1, 0.15) is 0 Å². The van der Waals surface area contributed by atoms with Gasteiger partial charge in [-0.1, -0.05) is 27.7 Å². The molecular weight excluding hydrogens is 313 g/mol. The quantitative estimate of drug-likeness (QED) is 0.379. The zero-order valence-electron chi connectivity index (χ0n) is 16.0. The zero-order chi connectivity index (χ0) is 16.8. The summed E-state index contributed by atoms with van der Waals surface area (Å²) in [6.45, 7) is 24.9. The number of nitrogens with zero attached hydrogens (tertiary/aromatic N) is 1. The third kappa shape index (κ3) is 14.1. The zero-order valence-corrected chi connectivity index (χ0v) is 18.9. The van der Waals surface area contributed by atoms with Crippen LogP contribution in [0.5, 0.6) is 0 Å². The normalized spacial score (nSPS) is 14.0. The Morgan fingerprint density at radius 3 is 1.33 bits per heavy atom. The Labute approximate surface area is 137 Å². The molecule has 0 spiro atoms. The topological polar surface area (TPSA) is 21.7 Å². The number of hydrogen-bond donors (Lipinski definition) is 0. The van der Waals surface area contributed by atoms with Gasteiger partial charge in [-0.2, -0.15) is 0 Å². The van der Waals surface area contributed by atoms with Gasteiger partial charge in [-0.15, -0.1) is 0 Å². The molecule has 0 N–H and O–H groups in total. The van der Waals surface area contributed by atoms with Crippen LogP contribution in [0.3, 0.4) is 0 Å². The molecule has 0 saturated carbocycles. The van der Waals surface area contributed by atoms with Gasteiger partial charge in [0.05, 0.1) is 6.29 Å². The minimum absolute atomic E-state index is 0.680. The summed E-state index contributed by atoms with van der Waals surface area (Å²) < 4.78 is 12.8. The lowest BCUT2D eigenvalue weighted by Gasteiger charge is -2.35. The minimum atomic E-state index is -1.57. The first-order valence-electron chi connectivity index (χ1n) is 8.16. The third-order valence-electron chi connectivity index (χ3n) is 2.31. The van der Waals surface area contributed by atoms with Crippen LogP contribution in [-0.2, 0) is 8.43 Å². The molecule has 0 aromatic rings. The Morgan fingerprint density at radius 2 is 1.10 bits per heavy atom. The maximum absolute atomic E-state index is 6.38. The van der Waals surface area contributed by atoms with Crippen molar-refractivity contribution >= 4 is 25.0 Å². The number of rotatable bonds is 10. The van der Waals surface area contributed by atoms with Gasteiger partial charge in [0.15, 0.2) is 25.0 Å². The molecule has 6 heteroatoms. The van der Waals surface area contributed by atoms with E-state index in [0.29, 0.717) is 11.8 Å². The van der Waals surface area contributed by atoms with Crippen molar-refractivity contribution in [3.05, 3.63) is 0 Å². The predicted molar refractivity (Wildman–Crippen MR) is 102 cm³/mol. The van der Waals surface area contributed by atoms with Crippen molar-refractivity contribution in [2.45, 2.75) is 67.0 Å². The third-order valence-corrected chi connectivity index (χ3v) is 8.96. The molecule has 0 heterocycles. The summed E-state index contributed by atoms with van der Waals surface area (Å²) in [5.41, 5.74) is 0. The van der Waals surface area contributed by atoms with Crippen molar-refractivity contribution in [3.63, 3.8) is 0 Å². The molecular formula is C15H38NO2PSi2. The van der Waals surface area contributed by atoms with Gasteiger partial charge in [0, 0.05) is 13.1 Å². The Hall–Kier alpha value is 0.744. The van der Waals surface area contributed by atoms with E-state index in [1.165, 1.54) is 0 Å². The van der Waals surface area contributed by atoms with Crippen LogP contribution in [0.2, 0.25) is 39.3 Å². The molecule has 0 bridgehead atoms. The first-order chi connectivity index (χ1) is 9.28. The molecule has 128 valence electrons. The van der Waals surface area contributed by atoms with Crippen LogP contribution in [0.25, 0.3) is 0 Å². The van der Waals surface area contributed by atoms with Crippen LogP contribution in [0.15, 0.2) is 0 Å². The first kappa shape index (κ1) is 21.7. The Kier molecular flexibility index (Phi) is 9.46. The maximum atomic E-state index is 6.38. The van der Waals surface area contributed by atoms with Crippen LogP contribution in [0, 0.1) is 11.8 Å². The largest absolute Gasteiger partial charge is 0.375 e. The molecule has 0 unspecified atom stereocenters. The van der Waals surface area contributed by atoms with Crippen molar-refractivity contribution in [1.82, 2.24) is 4.90 Å². The van der Waals surface area contributed by atoms with Crippen molar-refractivity contribution in [3.8, 4) is 0 Å². The summed E-state index contributed by atoms with van der Waals surface area (Å²) in [5, 5.41) is 0. The molecule has 0 aromatic carbocycles. The van der Waals surface area contributed by atoms with E-state index in [-0.39, 0.29) is 0 Å². The van der Waals surface area contributed by atoms with Crippen molar-refractivity contribution < 1.29 is 8.43 Å². The van der Waals surface area contributed by atoms with Gasteiger partial charge in [-0.25, -0.2) is 0 Å². The highest BCUT2D eigenvalue weighted by Gasteiger charge is 2.29. The van der Waals surface area contributed by atoms with Crippen LogP contribution < -0.4 is 0 Å². The van der Waals surface area contributed by atoms with Gasteiger partial charge in [0.25, 0.3) is 0 Å². The van der Waals surface area contributed by atoms with Crippen molar-refractivity contribution in [2.75, 3.05) is 19.4 Å². The lowest BCUT2D eigenvalue weighted by atomic mass is 10.1. The second-order valence-electron chi connectivity index (χ2n) is 8.71. The summed E-state index contributed by atoms with van der Waals surface area (Å²) in [4.78, 5) is 2.54. The first-order valence-corrected chi connectivity index (χ1v) is 16.3. The summed E-state index contributed by atoms with van der Waals surface area (Å²) >= 11 is 0. The minimum Gasteiger partial charge on any atom is -0.375 e. The second-order valence-corrected chi connectivity index (χ2v) is 19.6. The average Bonchev–Trinajstić information content (AvgIpc) is 2.07. The van der Waals surface area contributed by atoms with E-state index < -0.39 is 25.0 Å².